The molecule has 0 aromatic rings. The van der Waals surface area contributed by atoms with E-state index < -0.39 is 0 Å². The second kappa shape index (κ2) is 1.26. The van der Waals surface area contributed by atoms with Crippen molar-refractivity contribution in [3.8, 4) is 6.07 Å². The summed E-state index contributed by atoms with van der Waals surface area (Å²) in [7, 11) is 0. The van der Waals surface area contributed by atoms with E-state index in [1.165, 1.54) is 0 Å². The summed E-state index contributed by atoms with van der Waals surface area (Å²) >= 11 is 0. The minimum absolute atomic E-state index is 0.0461. The summed E-state index contributed by atoms with van der Waals surface area (Å²) in [6.07, 6.45) is 0.975. The molecule has 6 saturated carbocycles. The van der Waals surface area contributed by atoms with Crippen molar-refractivity contribution < 1.29 is 5.11 Å². The van der Waals surface area contributed by atoms with E-state index in [0.717, 1.165) is 36.0 Å². The third-order valence-electron chi connectivity index (χ3n) is 6.03. The summed E-state index contributed by atoms with van der Waals surface area (Å²) in [5, 5.41) is 19.2. The van der Waals surface area contributed by atoms with Crippen molar-refractivity contribution in [3.63, 3.8) is 0 Å². The number of nitrogens with zero attached hydrogens (tertiary/aromatic N) is 1. The van der Waals surface area contributed by atoms with Gasteiger partial charge in [0.15, 0.2) is 0 Å². The average molecular weight is 173 g/mol. The summed E-state index contributed by atoms with van der Waals surface area (Å²) in [6.45, 7) is 0. The lowest BCUT2D eigenvalue weighted by Crippen LogP contribution is -2.39. The molecule has 0 amide bonds. The van der Waals surface area contributed by atoms with E-state index >= 15 is 0 Å². The maximum absolute atomic E-state index is 9.91. The minimum atomic E-state index is -0.0461. The van der Waals surface area contributed by atoms with E-state index in [4.69, 9.17) is 0 Å². The maximum Gasteiger partial charge on any atom is 0.0699 e. The third-order valence-corrected chi connectivity index (χ3v) is 6.03. The smallest absolute Gasteiger partial charge is 0.0699 e. The highest BCUT2D eigenvalue weighted by atomic mass is 16.3. The second-order valence-corrected chi connectivity index (χ2v) is 5.82. The van der Waals surface area contributed by atoms with Gasteiger partial charge in [-0.3, -0.25) is 0 Å². The molecule has 66 valence electrons. The summed E-state index contributed by atoms with van der Waals surface area (Å²) in [6, 6.07) is 2.61. The van der Waals surface area contributed by atoms with Gasteiger partial charge in [-0.05, 0) is 47.8 Å². The van der Waals surface area contributed by atoms with Gasteiger partial charge in [0.2, 0.25) is 0 Å². The fourth-order valence-electron chi connectivity index (χ4n) is 6.07. The molecule has 2 bridgehead atoms. The van der Waals surface area contributed by atoms with Gasteiger partial charge in [-0.2, -0.15) is 5.26 Å². The number of aliphatic hydroxyl groups is 1. The Balaban J connectivity index is 1.81. The molecule has 1 N–H and O–H groups in total. The molecule has 2 heteroatoms. The van der Waals surface area contributed by atoms with Gasteiger partial charge >= 0.3 is 0 Å². The lowest BCUT2D eigenvalue weighted by Gasteiger charge is -2.38. The summed E-state index contributed by atoms with van der Waals surface area (Å²) < 4.78 is 0. The molecule has 6 fully saturated rings. The first-order valence-corrected chi connectivity index (χ1v) is 5.41. The molecule has 0 aromatic heterocycles. The van der Waals surface area contributed by atoms with Gasteiger partial charge < -0.3 is 5.11 Å². The Morgan fingerprint density at radius 2 is 2.00 bits per heavy atom. The Labute approximate surface area is 76.5 Å². The number of hydrogen-bond acceptors (Lipinski definition) is 2. The molecule has 0 radical (unpaired) electrons. The quantitative estimate of drug-likeness (QED) is 0.584. The first kappa shape index (κ1) is 6.03. The summed E-state index contributed by atoms with van der Waals surface area (Å²) in [5.41, 5.74) is 0.0994. The van der Waals surface area contributed by atoms with Crippen LogP contribution in [0.4, 0.5) is 0 Å². The molecule has 6 aliphatic carbocycles. The van der Waals surface area contributed by atoms with E-state index in [1.807, 2.05) is 0 Å². The lowest BCUT2D eigenvalue weighted by atomic mass is 9.69. The Kier molecular flexibility index (Phi) is 0.587. The van der Waals surface area contributed by atoms with E-state index in [9.17, 15) is 10.4 Å². The molecule has 0 aromatic carbocycles. The largest absolute Gasteiger partial charge is 0.393 e. The topological polar surface area (TPSA) is 44.0 Å². The average Bonchev–Trinajstić information content (AvgIpc) is 2.94. The number of hydrogen-bond donors (Lipinski definition) is 1. The van der Waals surface area contributed by atoms with Gasteiger partial charge in [-0.1, -0.05) is 0 Å². The van der Waals surface area contributed by atoms with Crippen molar-refractivity contribution >= 4 is 0 Å². The highest BCUT2D eigenvalue weighted by molar-refractivity contribution is 5.47. The predicted octanol–water partition coefficient (Wildman–Crippen LogP) is 0.629. The van der Waals surface area contributed by atoms with Crippen LogP contribution in [0.15, 0.2) is 0 Å². The Morgan fingerprint density at radius 3 is 2.54 bits per heavy atom. The molecule has 9 atom stereocenters. The van der Waals surface area contributed by atoms with Gasteiger partial charge in [0.05, 0.1) is 17.6 Å². The first-order valence-electron chi connectivity index (χ1n) is 5.41. The molecule has 6 rings (SSSR count). The van der Waals surface area contributed by atoms with Crippen molar-refractivity contribution in [2.45, 2.75) is 12.5 Å². The molecule has 2 nitrogen and oxygen atoms in total. The molecular formula is C11H11NO. The van der Waals surface area contributed by atoms with E-state index in [-0.39, 0.29) is 11.5 Å². The Bertz CT molecular complexity index is 382. The SMILES string of the molecule is N#CC12C3C4C5C[C@H](O)C(C43)C1C52. The van der Waals surface area contributed by atoms with E-state index in [1.54, 1.807) is 0 Å². The monoisotopic (exact) mass is 173 g/mol. The predicted molar refractivity (Wildman–Crippen MR) is 43.1 cm³/mol. The van der Waals surface area contributed by atoms with Gasteiger partial charge in [-0.25, -0.2) is 0 Å². The number of rotatable bonds is 0. The Hall–Kier alpha value is -0.550. The zero-order valence-corrected chi connectivity index (χ0v) is 7.22. The molecule has 0 heterocycles. The molecule has 13 heavy (non-hydrogen) atoms. The van der Waals surface area contributed by atoms with Crippen LogP contribution in [0.3, 0.4) is 0 Å². The molecule has 8 unspecified atom stereocenters. The maximum atomic E-state index is 9.91. The Morgan fingerprint density at radius 1 is 1.15 bits per heavy atom. The van der Waals surface area contributed by atoms with Crippen molar-refractivity contribution in [2.75, 3.05) is 0 Å². The van der Waals surface area contributed by atoms with Gasteiger partial charge in [0.25, 0.3) is 0 Å². The van der Waals surface area contributed by atoms with Crippen LogP contribution in [-0.4, -0.2) is 11.2 Å². The van der Waals surface area contributed by atoms with Crippen LogP contribution in [0.5, 0.6) is 0 Å². The number of fused-ring (bicyclic) bond motifs is 1. The van der Waals surface area contributed by atoms with Crippen LogP contribution >= 0.6 is 0 Å². The standard InChI is InChI=1S/C11H11NO/c12-2-11-8-3-1-4(13)6(10(8)11)7-5(3)9(7)11/h3-10,13H,1H2/t3?,4-,5?,6?,7?,8?,9?,10?,11?/m0/s1. The fraction of sp³-hybridized carbons (Fsp3) is 0.909. The third kappa shape index (κ3) is 0.321. The van der Waals surface area contributed by atoms with Crippen LogP contribution in [0.1, 0.15) is 6.42 Å². The van der Waals surface area contributed by atoms with Crippen LogP contribution in [0.2, 0.25) is 0 Å². The molecule has 0 aliphatic heterocycles. The van der Waals surface area contributed by atoms with Crippen molar-refractivity contribution in [2.24, 2.45) is 46.8 Å². The molecule has 0 saturated heterocycles. The zero-order chi connectivity index (χ0) is 8.53. The van der Waals surface area contributed by atoms with Crippen LogP contribution < -0.4 is 0 Å². The van der Waals surface area contributed by atoms with Crippen LogP contribution in [-0.2, 0) is 0 Å². The van der Waals surface area contributed by atoms with E-state index in [2.05, 4.69) is 6.07 Å². The summed E-state index contributed by atoms with van der Waals surface area (Å²) in [5.74, 6) is 5.05. The highest BCUT2D eigenvalue weighted by Crippen LogP contribution is 2.96. The zero-order valence-electron chi connectivity index (χ0n) is 7.22. The second-order valence-electron chi connectivity index (χ2n) is 5.82. The summed E-state index contributed by atoms with van der Waals surface area (Å²) in [4.78, 5) is 0. The van der Waals surface area contributed by atoms with Crippen molar-refractivity contribution in [3.05, 3.63) is 0 Å². The van der Waals surface area contributed by atoms with E-state index in [0.29, 0.717) is 11.8 Å². The minimum Gasteiger partial charge on any atom is -0.393 e. The van der Waals surface area contributed by atoms with Gasteiger partial charge in [0, 0.05) is 0 Å². The van der Waals surface area contributed by atoms with Crippen molar-refractivity contribution in [1.82, 2.24) is 0 Å². The van der Waals surface area contributed by atoms with Gasteiger partial charge in [-0.15, -0.1) is 0 Å². The number of aliphatic hydroxyl groups excluding tert-OH is 1. The molecule has 6 aliphatic rings. The van der Waals surface area contributed by atoms with Crippen LogP contribution in [0.25, 0.3) is 0 Å². The fourth-order valence-corrected chi connectivity index (χ4v) is 6.07. The molecular weight excluding hydrogens is 162 g/mol. The first-order chi connectivity index (χ1) is 6.32. The normalized spacial score (nSPS) is 83.7. The number of nitriles is 1. The van der Waals surface area contributed by atoms with Gasteiger partial charge in [0.1, 0.15) is 0 Å². The van der Waals surface area contributed by atoms with Crippen LogP contribution in [0, 0.1) is 58.2 Å². The van der Waals surface area contributed by atoms with Crippen molar-refractivity contribution in [1.29, 1.82) is 5.26 Å². The molecule has 0 spiro atoms. The lowest BCUT2D eigenvalue weighted by molar-refractivity contribution is -0.0127. The highest BCUT2D eigenvalue weighted by Gasteiger charge is 2.97.